The summed E-state index contributed by atoms with van der Waals surface area (Å²) in [7, 11) is 0. The molecule has 21 heavy (non-hydrogen) atoms. The van der Waals surface area contributed by atoms with Crippen molar-refractivity contribution in [2.24, 2.45) is 0 Å². The number of halogens is 4. The van der Waals surface area contributed by atoms with Crippen LogP contribution >= 0.6 is 55.1 Å². The molecule has 0 saturated heterocycles. The minimum Gasteiger partial charge on any atom is -0.279 e. The first-order valence-corrected chi connectivity index (χ1v) is 8.64. The SMILES string of the molecule is ClCCc1nc2cc(Cl)cnc2n1-c1cc(Br)ccc1Br. The molecule has 0 fully saturated rings. The molecule has 0 aliphatic rings. The normalized spacial score (nSPS) is 11.2. The fourth-order valence-electron chi connectivity index (χ4n) is 2.15. The van der Waals surface area contributed by atoms with Crippen molar-refractivity contribution in [3.05, 3.63) is 50.3 Å². The summed E-state index contributed by atoms with van der Waals surface area (Å²) in [4.78, 5) is 9.03. The van der Waals surface area contributed by atoms with Gasteiger partial charge in [-0.15, -0.1) is 11.6 Å². The average molecular weight is 450 g/mol. The van der Waals surface area contributed by atoms with E-state index in [4.69, 9.17) is 23.2 Å². The Morgan fingerprint density at radius 1 is 1.19 bits per heavy atom. The van der Waals surface area contributed by atoms with Gasteiger partial charge < -0.3 is 0 Å². The van der Waals surface area contributed by atoms with E-state index in [1.165, 1.54) is 0 Å². The number of hydrogen-bond acceptors (Lipinski definition) is 2. The lowest BCUT2D eigenvalue weighted by Gasteiger charge is -2.10. The van der Waals surface area contributed by atoms with Gasteiger partial charge in [0.2, 0.25) is 0 Å². The molecule has 2 aromatic heterocycles. The Kier molecular flexibility index (Phi) is 4.54. The smallest absolute Gasteiger partial charge is 0.164 e. The topological polar surface area (TPSA) is 30.7 Å². The summed E-state index contributed by atoms with van der Waals surface area (Å²) in [5.41, 5.74) is 2.48. The maximum Gasteiger partial charge on any atom is 0.164 e. The van der Waals surface area contributed by atoms with Crippen molar-refractivity contribution in [3.8, 4) is 5.69 Å². The Bertz CT molecular complexity index is 817. The van der Waals surface area contributed by atoms with E-state index in [2.05, 4.69) is 41.8 Å². The number of alkyl halides is 1. The lowest BCUT2D eigenvalue weighted by Crippen LogP contribution is -2.03. The van der Waals surface area contributed by atoms with E-state index in [0.29, 0.717) is 17.3 Å². The molecule has 1 aromatic carbocycles. The lowest BCUT2D eigenvalue weighted by molar-refractivity contribution is 0.902. The van der Waals surface area contributed by atoms with Gasteiger partial charge in [-0.2, -0.15) is 0 Å². The molecule has 0 amide bonds. The fraction of sp³-hybridized carbons (Fsp3) is 0.143. The number of fused-ring (bicyclic) bond motifs is 1. The van der Waals surface area contributed by atoms with Crippen molar-refractivity contribution in [1.82, 2.24) is 14.5 Å². The van der Waals surface area contributed by atoms with Gasteiger partial charge in [0.25, 0.3) is 0 Å². The number of rotatable bonds is 3. The summed E-state index contributed by atoms with van der Waals surface area (Å²) in [5.74, 6) is 1.34. The van der Waals surface area contributed by atoms with Crippen molar-refractivity contribution >= 4 is 66.2 Å². The minimum absolute atomic E-state index is 0.489. The van der Waals surface area contributed by atoms with Crippen LogP contribution in [0.2, 0.25) is 5.02 Å². The lowest BCUT2D eigenvalue weighted by atomic mass is 10.3. The van der Waals surface area contributed by atoms with E-state index >= 15 is 0 Å². The predicted octanol–water partition coefficient (Wildman–Crippen LogP) is 5.38. The molecule has 0 saturated carbocycles. The van der Waals surface area contributed by atoms with Gasteiger partial charge in [0, 0.05) is 27.4 Å². The van der Waals surface area contributed by atoms with Gasteiger partial charge in [0.05, 0.1) is 10.7 Å². The van der Waals surface area contributed by atoms with E-state index in [1.54, 1.807) is 6.20 Å². The van der Waals surface area contributed by atoms with E-state index in [1.807, 2.05) is 28.8 Å². The van der Waals surface area contributed by atoms with Crippen LogP contribution in [-0.2, 0) is 6.42 Å². The third-order valence-corrected chi connectivity index (χ3v) is 4.56. The van der Waals surface area contributed by atoms with Crippen LogP contribution in [0.5, 0.6) is 0 Å². The van der Waals surface area contributed by atoms with E-state index in [9.17, 15) is 0 Å². The van der Waals surface area contributed by atoms with E-state index in [-0.39, 0.29) is 0 Å². The Hall–Kier alpha value is -0.620. The maximum atomic E-state index is 6.01. The Labute approximate surface area is 148 Å². The van der Waals surface area contributed by atoms with Crippen LogP contribution < -0.4 is 0 Å². The molecule has 0 aliphatic carbocycles. The van der Waals surface area contributed by atoms with Crippen LogP contribution in [0.15, 0.2) is 39.4 Å². The zero-order valence-electron chi connectivity index (χ0n) is 10.7. The van der Waals surface area contributed by atoms with Crippen molar-refractivity contribution in [3.63, 3.8) is 0 Å². The highest BCUT2D eigenvalue weighted by molar-refractivity contribution is 9.11. The molecule has 7 heteroatoms. The monoisotopic (exact) mass is 447 g/mol. The van der Waals surface area contributed by atoms with Crippen LogP contribution in [0.3, 0.4) is 0 Å². The van der Waals surface area contributed by atoms with Crippen LogP contribution in [-0.4, -0.2) is 20.4 Å². The summed E-state index contributed by atoms with van der Waals surface area (Å²) in [6.07, 6.45) is 2.27. The summed E-state index contributed by atoms with van der Waals surface area (Å²) in [6, 6.07) is 7.77. The first-order chi connectivity index (χ1) is 10.1. The van der Waals surface area contributed by atoms with Crippen molar-refractivity contribution < 1.29 is 0 Å². The highest BCUT2D eigenvalue weighted by atomic mass is 79.9. The molecule has 3 nitrogen and oxygen atoms in total. The largest absolute Gasteiger partial charge is 0.279 e. The molecule has 0 N–H and O–H groups in total. The number of aryl methyl sites for hydroxylation is 1. The molecule has 108 valence electrons. The molecule has 3 aromatic rings. The van der Waals surface area contributed by atoms with Gasteiger partial charge in [-0.05, 0) is 40.2 Å². The van der Waals surface area contributed by atoms with Crippen molar-refractivity contribution in [1.29, 1.82) is 0 Å². The Morgan fingerprint density at radius 2 is 2.00 bits per heavy atom. The first kappa shape index (κ1) is 15.3. The molecule has 0 atom stereocenters. The molecule has 3 rings (SSSR count). The summed E-state index contributed by atoms with van der Waals surface area (Å²) in [5, 5.41) is 0.567. The molecule has 0 radical (unpaired) electrons. The standard InChI is InChI=1S/C14H9Br2Cl2N3/c15-8-1-2-10(16)12(5-8)21-13(3-4-17)20-11-6-9(18)7-19-14(11)21/h1-2,5-7H,3-4H2. The van der Waals surface area contributed by atoms with E-state index < -0.39 is 0 Å². The summed E-state index contributed by atoms with van der Waals surface area (Å²) < 4.78 is 3.94. The number of imidazole rings is 1. The highest BCUT2D eigenvalue weighted by Crippen LogP contribution is 2.30. The predicted molar refractivity (Wildman–Crippen MR) is 93.7 cm³/mol. The number of pyridine rings is 1. The number of hydrogen-bond donors (Lipinski definition) is 0. The molecule has 0 aliphatic heterocycles. The number of benzene rings is 1. The van der Waals surface area contributed by atoms with Crippen molar-refractivity contribution in [2.45, 2.75) is 6.42 Å². The van der Waals surface area contributed by atoms with Gasteiger partial charge >= 0.3 is 0 Å². The third-order valence-electron chi connectivity index (χ3n) is 3.00. The first-order valence-electron chi connectivity index (χ1n) is 6.14. The Morgan fingerprint density at radius 3 is 2.76 bits per heavy atom. The number of aromatic nitrogens is 3. The van der Waals surface area contributed by atoms with Gasteiger partial charge in [-0.1, -0.05) is 27.5 Å². The molecular formula is C14H9Br2Cl2N3. The Balaban J connectivity index is 2.33. The molecule has 0 bridgehead atoms. The van der Waals surface area contributed by atoms with Gasteiger partial charge in [-0.25, -0.2) is 9.97 Å². The zero-order valence-corrected chi connectivity index (χ0v) is 15.3. The second-order valence-corrected chi connectivity index (χ2v) is 6.98. The van der Waals surface area contributed by atoms with Crippen LogP contribution in [0.1, 0.15) is 5.82 Å². The second-order valence-electron chi connectivity index (χ2n) is 4.39. The second kappa shape index (κ2) is 6.24. The van der Waals surface area contributed by atoms with E-state index in [0.717, 1.165) is 31.6 Å². The zero-order chi connectivity index (χ0) is 15.0. The molecule has 2 heterocycles. The summed E-state index contributed by atoms with van der Waals surface area (Å²) >= 11 is 19.0. The highest BCUT2D eigenvalue weighted by Gasteiger charge is 2.16. The van der Waals surface area contributed by atoms with Gasteiger partial charge in [0.15, 0.2) is 5.65 Å². The van der Waals surface area contributed by atoms with Crippen molar-refractivity contribution in [2.75, 3.05) is 5.88 Å². The van der Waals surface area contributed by atoms with Gasteiger partial charge in [0.1, 0.15) is 11.3 Å². The van der Waals surface area contributed by atoms with Crippen LogP contribution in [0, 0.1) is 0 Å². The molecule has 0 unspecified atom stereocenters. The quantitative estimate of drug-likeness (QED) is 0.502. The van der Waals surface area contributed by atoms with Crippen LogP contribution in [0.4, 0.5) is 0 Å². The maximum absolute atomic E-state index is 6.01. The minimum atomic E-state index is 0.489. The van der Waals surface area contributed by atoms with Crippen LogP contribution in [0.25, 0.3) is 16.9 Å². The summed E-state index contributed by atoms with van der Waals surface area (Å²) in [6.45, 7) is 0. The third kappa shape index (κ3) is 2.97. The molecular weight excluding hydrogens is 441 g/mol. The average Bonchev–Trinajstić information content (AvgIpc) is 2.79. The fourth-order valence-corrected chi connectivity index (χ4v) is 3.24. The van der Waals surface area contributed by atoms with Gasteiger partial charge in [-0.3, -0.25) is 4.57 Å². The molecule has 0 spiro atoms. The number of nitrogens with zero attached hydrogens (tertiary/aromatic N) is 3.